The normalized spacial score (nSPS) is 11.6. The number of halogens is 2. The Morgan fingerprint density at radius 3 is 2.57 bits per heavy atom. The van der Waals surface area contributed by atoms with E-state index in [0.717, 1.165) is 18.2 Å². The molecule has 2 N–H and O–H groups in total. The summed E-state index contributed by atoms with van der Waals surface area (Å²) in [6.45, 7) is 0.239. The van der Waals surface area contributed by atoms with E-state index in [2.05, 4.69) is 0 Å². The quantitative estimate of drug-likeness (QED) is 0.805. The monoisotopic (exact) mass is 237 g/mol. The van der Waals surface area contributed by atoms with Crippen molar-refractivity contribution < 1.29 is 12.8 Å². The lowest BCUT2D eigenvalue weighted by Gasteiger charge is -2.04. The van der Waals surface area contributed by atoms with Crippen molar-refractivity contribution in [3.05, 3.63) is 29.6 Å². The third-order valence-corrected chi connectivity index (χ3v) is 3.12. The van der Waals surface area contributed by atoms with Crippen molar-refractivity contribution >= 4 is 19.7 Å². The van der Waals surface area contributed by atoms with Gasteiger partial charge in [-0.25, -0.2) is 12.8 Å². The zero-order valence-electron chi connectivity index (χ0n) is 7.20. The van der Waals surface area contributed by atoms with Crippen LogP contribution >= 0.6 is 10.7 Å². The minimum atomic E-state index is -3.82. The molecular weight excluding hydrogens is 229 g/mol. The number of hydrogen-bond donors (Lipinski definition) is 1. The molecule has 0 atom stereocenters. The first-order valence-corrected chi connectivity index (χ1v) is 6.19. The van der Waals surface area contributed by atoms with Crippen LogP contribution in [-0.4, -0.2) is 15.0 Å². The van der Waals surface area contributed by atoms with Gasteiger partial charge in [0.15, 0.2) is 0 Å². The molecule has 0 unspecified atom stereocenters. The third-order valence-electron chi connectivity index (χ3n) is 1.70. The van der Waals surface area contributed by atoms with Crippen LogP contribution in [0.5, 0.6) is 0 Å². The van der Waals surface area contributed by atoms with E-state index in [4.69, 9.17) is 16.4 Å². The van der Waals surface area contributed by atoms with Gasteiger partial charge >= 0.3 is 0 Å². The summed E-state index contributed by atoms with van der Waals surface area (Å²) >= 11 is 0. The van der Waals surface area contributed by atoms with Crippen LogP contribution in [0.4, 0.5) is 4.39 Å². The lowest BCUT2D eigenvalue weighted by Crippen LogP contribution is -2.07. The van der Waals surface area contributed by atoms with Crippen LogP contribution in [0.15, 0.2) is 23.1 Å². The second-order valence-corrected chi connectivity index (χ2v) is 5.26. The highest BCUT2D eigenvalue weighted by Crippen LogP contribution is 2.21. The Labute approximate surface area is 86.1 Å². The maximum absolute atomic E-state index is 12.8. The van der Waals surface area contributed by atoms with Crippen LogP contribution in [0.3, 0.4) is 0 Å². The molecule has 0 spiro atoms. The first kappa shape index (κ1) is 11.4. The number of benzene rings is 1. The van der Waals surface area contributed by atoms with Crippen LogP contribution in [0.25, 0.3) is 0 Å². The Kier molecular flexibility index (Phi) is 3.47. The van der Waals surface area contributed by atoms with Gasteiger partial charge in [-0.2, -0.15) is 0 Å². The summed E-state index contributed by atoms with van der Waals surface area (Å²) in [5.74, 6) is -0.502. The Morgan fingerprint density at radius 1 is 1.43 bits per heavy atom. The summed E-state index contributed by atoms with van der Waals surface area (Å²) < 4.78 is 34.9. The summed E-state index contributed by atoms with van der Waals surface area (Å²) in [4.78, 5) is -0.0778. The van der Waals surface area contributed by atoms with E-state index in [1.54, 1.807) is 0 Å². The fourth-order valence-corrected chi connectivity index (χ4v) is 2.29. The molecular formula is C8H9ClFNO2S. The Bertz CT molecular complexity index is 433. The van der Waals surface area contributed by atoms with Gasteiger partial charge in [0.05, 0.1) is 4.90 Å². The fraction of sp³-hybridized carbons (Fsp3) is 0.250. The van der Waals surface area contributed by atoms with Crippen LogP contribution in [-0.2, 0) is 15.5 Å². The van der Waals surface area contributed by atoms with E-state index < -0.39 is 14.9 Å². The van der Waals surface area contributed by atoms with E-state index in [1.165, 1.54) is 0 Å². The molecule has 0 aliphatic carbocycles. The molecule has 0 aliphatic rings. The molecule has 0 saturated carbocycles. The Morgan fingerprint density at radius 2 is 2.07 bits per heavy atom. The Hall–Kier alpha value is -0.650. The van der Waals surface area contributed by atoms with Crippen molar-refractivity contribution in [1.82, 2.24) is 0 Å². The van der Waals surface area contributed by atoms with Crippen molar-refractivity contribution in [2.24, 2.45) is 5.73 Å². The summed E-state index contributed by atoms with van der Waals surface area (Å²) in [5, 5.41) is 0. The number of hydrogen-bond acceptors (Lipinski definition) is 3. The van der Waals surface area contributed by atoms with E-state index in [0.29, 0.717) is 5.56 Å². The highest BCUT2D eigenvalue weighted by Gasteiger charge is 2.15. The van der Waals surface area contributed by atoms with Gasteiger partial charge in [0.1, 0.15) is 5.82 Å². The van der Waals surface area contributed by atoms with Gasteiger partial charge in [0.25, 0.3) is 9.05 Å². The lowest BCUT2D eigenvalue weighted by molar-refractivity contribution is 0.605. The van der Waals surface area contributed by atoms with Gasteiger partial charge in [-0.3, -0.25) is 0 Å². The fourth-order valence-electron chi connectivity index (χ4n) is 1.14. The van der Waals surface area contributed by atoms with Gasteiger partial charge in [-0.15, -0.1) is 0 Å². The smallest absolute Gasteiger partial charge is 0.261 e. The first-order valence-electron chi connectivity index (χ1n) is 3.88. The van der Waals surface area contributed by atoms with Crippen molar-refractivity contribution in [2.45, 2.75) is 11.3 Å². The zero-order chi connectivity index (χ0) is 10.8. The van der Waals surface area contributed by atoms with Crippen molar-refractivity contribution in [1.29, 1.82) is 0 Å². The van der Waals surface area contributed by atoms with Crippen LogP contribution in [0.2, 0.25) is 0 Å². The van der Waals surface area contributed by atoms with Crippen LogP contribution in [0.1, 0.15) is 5.56 Å². The van der Waals surface area contributed by atoms with Gasteiger partial charge < -0.3 is 5.73 Å². The zero-order valence-corrected chi connectivity index (χ0v) is 8.78. The summed E-state index contributed by atoms with van der Waals surface area (Å²) in [7, 11) is 1.34. The van der Waals surface area contributed by atoms with E-state index >= 15 is 0 Å². The standard InChI is InChI=1S/C8H9ClFNO2S/c9-14(12,13)8-2-1-7(10)5-6(8)3-4-11/h1-2,5H,3-4,11H2. The molecule has 0 saturated heterocycles. The van der Waals surface area contributed by atoms with Gasteiger partial charge in [0, 0.05) is 10.7 Å². The molecule has 1 aromatic carbocycles. The van der Waals surface area contributed by atoms with Crippen LogP contribution in [0, 0.1) is 5.82 Å². The molecule has 14 heavy (non-hydrogen) atoms. The topological polar surface area (TPSA) is 60.2 Å². The van der Waals surface area contributed by atoms with Crippen molar-refractivity contribution in [2.75, 3.05) is 6.54 Å². The molecule has 0 radical (unpaired) electrons. The molecule has 0 fully saturated rings. The average molecular weight is 238 g/mol. The van der Waals surface area contributed by atoms with E-state index in [1.807, 2.05) is 0 Å². The van der Waals surface area contributed by atoms with E-state index in [9.17, 15) is 12.8 Å². The largest absolute Gasteiger partial charge is 0.330 e. The molecule has 78 valence electrons. The maximum atomic E-state index is 12.8. The molecule has 6 heteroatoms. The molecule has 0 bridgehead atoms. The van der Waals surface area contributed by atoms with Crippen molar-refractivity contribution in [3.8, 4) is 0 Å². The molecule has 1 aromatic rings. The number of rotatable bonds is 3. The SMILES string of the molecule is NCCc1cc(F)ccc1S(=O)(=O)Cl. The molecule has 0 amide bonds. The minimum Gasteiger partial charge on any atom is -0.330 e. The maximum Gasteiger partial charge on any atom is 0.261 e. The predicted molar refractivity (Wildman–Crippen MR) is 52.2 cm³/mol. The molecule has 1 rings (SSSR count). The second-order valence-electron chi connectivity index (χ2n) is 2.73. The summed E-state index contributed by atoms with van der Waals surface area (Å²) in [5.41, 5.74) is 5.57. The molecule has 0 aromatic heterocycles. The first-order chi connectivity index (χ1) is 6.45. The predicted octanol–water partition coefficient (Wildman–Crippen LogP) is 1.25. The molecule has 0 aliphatic heterocycles. The third kappa shape index (κ3) is 2.67. The highest BCUT2D eigenvalue weighted by molar-refractivity contribution is 8.13. The van der Waals surface area contributed by atoms with E-state index in [-0.39, 0.29) is 17.9 Å². The lowest BCUT2D eigenvalue weighted by atomic mass is 10.1. The van der Waals surface area contributed by atoms with Gasteiger partial charge in [0.2, 0.25) is 0 Å². The number of nitrogens with two attached hydrogens (primary N) is 1. The highest BCUT2D eigenvalue weighted by atomic mass is 35.7. The van der Waals surface area contributed by atoms with Crippen molar-refractivity contribution in [3.63, 3.8) is 0 Å². The second kappa shape index (κ2) is 4.25. The summed E-state index contributed by atoms with van der Waals surface area (Å²) in [6, 6.07) is 3.32. The summed E-state index contributed by atoms with van der Waals surface area (Å²) in [6.07, 6.45) is 0.277. The molecule has 0 heterocycles. The van der Waals surface area contributed by atoms with Crippen LogP contribution < -0.4 is 5.73 Å². The minimum absolute atomic E-state index is 0.0778. The Balaban J connectivity index is 3.29. The molecule has 3 nitrogen and oxygen atoms in total. The van der Waals surface area contributed by atoms with Gasteiger partial charge in [-0.05, 0) is 36.7 Å². The average Bonchev–Trinajstić information content (AvgIpc) is 2.02. The van der Waals surface area contributed by atoms with Gasteiger partial charge in [-0.1, -0.05) is 0 Å².